The Balaban J connectivity index is 0.000000222. The van der Waals surface area contributed by atoms with E-state index >= 15 is 0 Å². The van der Waals surface area contributed by atoms with Gasteiger partial charge in [0.2, 0.25) is 11.6 Å². The minimum Gasteiger partial charge on any atom is -0.662 e. The SMILES string of the molecule is CCN=C=NCCCN(C)C.C[C@@H]1CN(C(=O)C2CCC(=O)CC2)CCN1c1nnc(-c2ccccc2)c2ccccc12.C[C@@H]1CNCCN1c1nnc(-c2ccccc2)c2ccccc12.Cl.O=C1CCC(C(=O)O)CC1.O=CO[O-].On1nnc2cccnc21.[Na+]. The third kappa shape index (κ3) is 21.7. The molecule has 4 aromatic carbocycles. The molecule has 26 heteroatoms. The molecule has 482 valence electrons. The summed E-state index contributed by atoms with van der Waals surface area (Å²) in [5.41, 5.74) is 4.96. The standard InChI is InChI=1S/C26H28N4O2.C19H20N4.C8H17N3.C7H10O3.C5H4N4O.CH2O3.ClH.Na/c1-18-17-29(26(32)20-11-13-21(31)14-12-20)15-16-30(18)25-23-10-6-5-9-22(23)24(27-28-25)19-7-3-2-4-8-19;1-14-13-20-11-12-23(14)19-17-10-6-5-9-16(17)18(21-22-19)15-7-3-2-4-8-15;1-4-9-8-10-6-5-7-11(2)3;8-6-3-1-5(2-4-6)7(9)10;10-9-5-4(7-8-9)2-1-3-6-5;2-1-4-3;;/h2-10,18,20H,11-17H2,1H3;2-10,14,20H,11-13H2,1H3;4-7H2,1-3H3;5H,1-4H2,(H,9,10);1-3,10H;1,3H;1H;/q;;;;;;;+1/p-1/t18-;14-;;;;;;/m11....../s1. The molecule has 2 saturated heterocycles. The number of anilines is 2. The first kappa shape index (κ1) is 74.5. The maximum atomic E-state index is 13.0. The summed E-state index contributed by atoms with van der Waals surface area (Å²) in [7, 11) is 4.12. The Morgan fingerprint density at radius 3 is 1.70 bits per heavy atom. The van der Waals surface area contributed by atoms with Crippen LogP contribution in [0.25, 0.3) is 55.2 Å². The van der Waals surface area contributed by atoms with Crippen molar-refractivity contribution in [2.75, 3.05) is 82.8 Å². The smallest absolute Gasteiger partial charge is 0.662 e. The van der Waals surface area contributed by atoms with Crippen molar-refractivity contribution in [1.82, 2.24) is 55.7 Å². The largest absolute Gasteiger partial charge is 1.00 e. The number of nitrogens with one attached hydrogen (secondary N) is 1. The Morgan fingerprint density at radius 2 is 1.22 bits per heavy atom. The van der Waals surface area contributed by atoms with Crippen molar-refractivity contribution >= 4 is 92.7 Å². The Morgan fingerprint density at radius 1 is 0.707 bits per heavy atom. The van der Waals surface area contributed by atoms with Crippen LogP contribution in [0.2, 0.25) is 0 Å². The van der Waals surface area contributed by atoms with Crippen LogP contribution >= 0.6 is 12.4 Å². The van der Waals surface area contributed by atoms with Crippen molar-refractivity contribution in [3.8, 4) is 22.5 Å². The predicted molar refractivity (Wildman–Crippen MR) is 350 cm³/mol. The Labute approximate surface area is 564 Å². The third-order valence-electron chi connectivity index (χ3n) is 15.6. The van der Waals surface area contributed by atoms with Crippen LogP contribution in [0.1, 0.15) is 78.6 Å². The van der Waals surface area contributed by atoms with Crippen molar-refractivity contribution < 1.29 is 74.0 Å². The van der Waals surface area contributed by atoms with Gasteiger partial charge < -0.3 is 45.4 Å². The molecule has 92 heavy (non-hydrogen) atoms. The number of amides is 1. The van der Waals surface area contributed by atoms with E-state index in [-0.39, 0.29) is 83.8 Å². The predicted octanol–water partition coefficient (Wildman–Crippen LogP) is 5.07. The van der Waals surface area contributed by atoms with E-state index in [1.807, 2.05) is 60.4 Å². The summed E-state index contributed by atoms with van der Waals surface area (Å²) in [6.07, 6.45) is 7.11. The molecule has 0 unspecified atom stereocenters. The number of aliphatic carboxylic acids is 1. The number of hydrogen-bond donors (Lipinski definition) is 3. The number of rotatable bonds is 12. The summed E-state index contributed by atoms with van der Waals surface area (Å²) in [6.45, 7) is 13.9. The number of piperazine rings is 2. The molecule has 0 bridgehead atoms. The first-order chi connectivity index (χ1) is 43.7. The number of halogens is 1. The molecule has 2 aliphatic carbocycles. The van der Waals surface area contributed by atoms with Gasteiger partial charge in [-0.2, -0.15) is 0 Å². The molecule has 24 nitrogen and oxygen atoms in total. The van der Waals surface area contributed by atoms with Crippen molar-refractivity contribution in [3.63, 3.8) is 0 Å². The van der Waals surface area contributed by atoms with Crippen molar-refractivity contribution in [2.24, 2.45) is 21.8 Å². The van der Waals surface area contributed by atoms with E-state index in [0.717, 1.165) is 103 Å². The maximum absolute atomic E-state index is 13.0. The minimum atomic E-state index is -0.757. The molecule has 3 N–H and O–H groups in total. The number of aliphatic imine (C=N–C) groups is 2. The molecule has 4 aliphatic rings. The number of benzene rings is 4. The van der Waals surface area contributed by atoms with Gasteiger partial charge in [0.1, 0.15) is 28.5 Å². The van der Waals surface area contributed by atoms with Crippen LogP contribution in [-0.2, 0) is 28.9 Å². The van der Waals surface area contributed by atoms with Crippen molar-refractivity contribution in [2.45, 2.75) is 90.6 Å². The molecule has 1 amide bonds. The number of ketones is 2. The van der Waals surface area contributed by atoms with Crippen LogP contribution in [0.4, 0.5) is 11.6 Å². The number of pyridine rings is 1. The van der Waals surface area contributed by atoms with E-state index in [0.29, 0.717) is 86.5 Å². The number of nitrogens with zero attached hydrogens (tertiary/aromatic N) is 14. The number of carbonyl (C=O) groups is 5. The normalized spacial score (nSPS) is 16.3. The van der Waals surface area contributed by atoms with E-state index in [2.05, 4.69) is 165 Å². The summed E-state index contributed by atoms with van der Waals surface area (Å²) < 4.78 is 0. The van der Waals surface area contributed by atoms with E-state index in [1.54, 1.807) is 18.3 Å². The molecule has 0 radical (unpaired) electrons. The van der Waals surface area contributed by atoms with Gasteiger partial charge in [-0.1, -0.05) is 114 Å². The van der Waals surface area contributed by atoms with Crippen LogP contribution in [0.3, 0.4) is 0 Å². The van der Waals surface area contributed by atoms with Gasteiger partial charge in [-0.25, -0.2) is 15.0 Å². The van der Waals surface area contributed by atoms with Gasteiger partial charge in [0.15, 0.2) is 11.6 Å². The molecule has 6 heterocycles. The van der Waals surface area contributed by atoms with E-state index in [4.69, 9.17) is 20.4 Å². The summed E-state index contributed by atoms with van der Waals surface area (Å²) in [5.74, 6) is 1.55. The van der Waals surface area contributed by atoms with Gasteiger partial charge in [-0.3, -0.25) is 24.0 Å². The fourth-order valence-corrected chi connectivity index (χ4v) is 10.9. The second-order valence-corrected chi connectivity index (χ2v) is 22.2. The molecular weight excluding hydrogens is 1210 g/mol. The molecule has 4 fully saturated rings. The number of hydrogen-bond acceptors (Lipinski definition) is 21. The Kier molecular flexibility index (Phi) is 31.8. The zero-order valence-corrected chi connectivity index (χ0v) is 56.0. The number of carboxylic acids is 1. The minimum absolute atomic E-state index is 0. The molecule has 12 rings (SSSR count). The van der Waals surface area contributed by atoms with Crippen molar-refractivity contribution in [3.05, 3.63) is 128 Å². The average molecular weight is 1290 g/mol. The summed E-state index contributed by atoms with van der Waals surface area (Å²) >= 11 is 0. The van der Waals surface area contributed by atoms with E-state index < -0.39 is 5.97 Å². The van der Waals surface area contributed by atoms with Gasteiger partial charge in [0.05, 0.1) is 18.5 Å². The van der Waals surface area contributed by atoms with Crippen LogP contribution in [-0.4, -0.2) is 182 Å². The van der Waals surface area contributed by atoms with Crippen LogP contribution < -0.4 is 49.9 Å². The second kappa shape index (κ2) is 39.3. The van der Waals surface area contributed by atoms with Gasteiger partial charge >= 0.3 is 35.5 Å². The number of carboxylic acid groups (broad SMARTS) is 1. The molecular formula is C66H81ClN15NaO9. The Hall–Kier alpha value is -8.19. The number of fused-ring (bicyclic) bond motifs is 3. The fourth-order valence-electron chi connectivity index (χ4n) is 10.9. The zero-order chi connectivity index (χ0) is 64.2. The molecule has 0 spiro atoms. The Bertz CT molecular complexity index is 3660. The van der Waals surface area contributed by atoms with E-state index in [1.165, 1.54) is 5.39 Å². The molecule has 4 aromatic heterocycles. The number of carbonyl (C=O) groups excluding carboxylic acids is 4. The van der Waals surface area contributed by atoms with Gasteiger partial charge in [0, 0.05) is 128 Å². The quantitative estimate of drug-likeness (QED) is 0.0273. The first-order valence-electron chi connectivity index (χ1n) is 30.4. The van der Waals surface area contributed by atoms with Gasteiger partial charge in [0.25, 0.3) is 6.47 Å². The average Bonchev–Trinajstić information content (AvgIpc) is 1.01. The monoisotopic (exact) mass is 1290 g/mol. The second-order valence-electron chi connectivity index (χ2n) is 22.2. The molecule has 8 aromatic rings. The van der Waals surface area contributed by atoms with Gasteiger partial charge in [-0.15, -0.1) is 37.9 Å². The number of Topliss-reactive ketones (excluding diaryl/α,β-unsaturated/α-hetero) is 2. The summed E-state index contributed by atoms with van der Waals surface area (Å²) in [6, 6.07) is 43.8. The van der Waals surface area contributed by atoms with Crippen LogP contribution in [0.5, 0.6) is 0 Å². The van der Waals surface area contributed by atoms with E-state index in [9.17, 15) is 19.2 Å². The maximum Gasteiger partial charge on any atom is 1.00 e. The topological polar surface area (TPSA) is 303 Å². The third-order valence-corrected chi connectivity index (χ3v) is 15.6. The molecule has 2 saturated carbocycles. The van der Waals surface area contributed by atoms with Crippen molar-refractivity contribution in [1.29, 1.82) is 0 Å². The molecule has 2 aliphatic heterocycles. The zero-order valence-electron chi connectivity index (χ0n) is 53.2. The van der Waals surface area contributed by atoms with Gasteiger partial charge in [-0.05, 0) is 90.9 Å². The summed E-state index contributed by atoms with van der Waals surface area (Å²) in [4.78, 5) is 77.9. The first-order valence-corrected chi connectivity index (χ1v) is 30.4. The fraction of sp³-hybridized carbons (Fsp3) is 0.409. The van der Waals surface area contributed by atoms with Crippen LogP contribution in [0, 0.1) is 11.8 Å². The van der Waals surface area contributed by atoms with Crippen LogP contribution in [0.15, 0.2) is 138 Å². The molecule has 2 atom stereocenters. The summed E-state index contributed by atoms with van der Waals surface area (Å²) in [5, 5.41) is 59.2. The number of aromatic nitrogens is 8.